The first-order valence-electron chi connectivity index (χ1n) is 8.50. The van der Waals surface area contributed by atoms with Crippen molar-refractivity contribution in [3.05, 3.63) is 36.5 Å². The number of pyridine rings is 1. The van der Waals surface area contributed by atoms with Crippen molar-refractivity contribution in [1.82, 2.24) is 30.0 Å². The second kappa shape index (κ2) is 8.01. The summed E-state index contributed by atoms with van der Waals surface area (Å²) in [5.74, 6) is 0.782. The monoisotopic (exact) mass is 328 g/mol. The summed E-state index contributed by atoms with van der Waals surface area (Å²) in [5, 5.41) is 7.10. The molecule has 3 heterocycles. The molecular formula is C17H24N6O. The molecule has 1 saturated heterocycles. The average Bonchev–Trinajstić information content (AvgIpc) is 3.14. The van der Waals surface area contributed by atoms with Gasteiger partial charge in [-0.1, -0.05) is 12.5 Å². The molecule has 1 amide bonds. The van der Waals surface area contributed by atoms with Gasteiger partial charge in [-0.25, -0.2) is 14.6 Å². The van der Waals surface area contributed by atoms with Gasteiger partial charge in [0.25, 0.3) is 0 Å². The molecule has 0 bridgehead atoms. The number of nitrogens with one attached hydrogen (secondary N) is 1. The van der Waals surface area contributed by atoms with E-state index in [1.54, 1.807) is 17.2 Å². The van der Waals surface area contributed by atoms with E-state index in [1.165, 1.54) is 25.6 Å². The molecule has 1 aliphatic rings. The van der Waals surface area contributed by atoms with Crippen LogP contribution in [0.25, 0.3) is 5.82 Å². The van der Waals surface area contributed by atoms with Crippen molar-refractivity contribution in [3.63, 3.8) is 0 Å². The summed E-state index contributed by atoms with van der Waals surface area (Å²) in [6, 6.07) is 4.34. The molecule has 2 aromatic rings. The number of carbonyl (C=O) groups excluding carboxylic acids is 1. The van der Waals surface area contributed by atoms with Gasteiger partial charge in [0, 0.05) is 30.8 Å². The van der Waals surface area contributed by atoms with E-state index >= 15 is 0 Å². The van der Waals surface area contributed by atoms with E-state index in [2.05, 4.69) is 32.3 Å². The van der Waals surface area contributed by atoms with Gasteiger partial charge < -0.3 is 10.2 Å². The Bertz CT molecular complexity index is 657. The molecule has 128 valence electrons. The minimum Gasteiger partial charge on any atom is -0.352 e. The van der Waals surface area contributed by atoms with Crippen molar-refractivity contribution >= 4 is 5.91 Å². The first kappa shape index (κ1) is 16.6. The third-order valence-electron chi connectivity index (χ3n) is 4.61. The van der Waals surface area contributed by atoms with E-state index in [9.17, 15) is 4.79 Å². The molecule has 3 rings (SSSR count). The fourth-order valence-corrected chi connectivity index (χ4v) is 3.18. The SMILES string of the molecule is CN1CCCC[C@H]1CCC(=O)NCc1cccnc1-n1cncn1. The predicted octanol–water partition coefficient (Wildman–Crippen LogP) is 1.54. The van der Waals surface area contributed by atoms with Crippen LogP contribution < -0.4 is 5.32 Å². The number of likely N-dealkylation sites (tertiary alicyclic amines) is 1. The summed E-state index contributed by atoms with van der Waals surface area (Å²) < 4.78 is 1.61. The van der Waals surface area contributed by atoms with Crippen LogP contribution in [0.5, 0.6) is 0 Å². The highest BCUT2D eigenvalue weighted by molar-refractivity contribution is 5.76. The molecule has 0 radical (unpaired) electrons. The minimum absolute atomic E-state index is 0.0855. The number of carbonyl (C=O) groups is 1. The molecule has 1 atom stereocenters. The van der Waals surface area contributed by atoms with Crippen molar-refractivity contribution in [3.8, 4) is 5.82 Å². The first-order chi connectivity index (χ1) is 11.7. The maximum Gasteiger partial charge on any atom is 0.220 e. The normalized spacial score (nSPS) is 18.5. The number of piperidine rings is 1. The molecule has 1 fully saturated rings. The Morgan fingerprint density at radius 1 is 1.42 bits per heavy atom. The second-order valence-corrected chi connectivity index (χ2v) is 6.27. The van der Waals surface area contributed by atoms with Gasteiger partial charge >= 0.3 is 0 Å². The van der Waals surface area contributed by atoms with Crippen LogP contribution in [0, 0.1) is 0 Å². The van der Waals surface area contributed by atoms with E-state index in [-0.39, 0.29) is 5.91 Å². The van der Waals surface area contributed by atoms with Gasteiger partial charge in [-0.15, -0.1) is 0 Å². The fraction of sp³-hybridized carbons (Fsp3) is 0.529. The highest BCUT2D eigenvalue weighted by Crippen LogP contribution is 2.19. The summed E-state index contributed by atoms with van der Waals surface area (Å²) >= 11 is 0. The van der Waals surface area contributed by atoms with Crippen LogP contribution in [-0.4, -0.2) is 50.2 Å². The number of rotatable bonds is 6. The molecule has 7 heteroatoms. The predicted molar refractivity (Wildman–Crippen MR) is 90.5 cm³/mol. The van der Waals surface area contributed by atoms with Gasteiger partial charge in [0.1, 0.15) is 12.7 Å². The summed E-state index contributed by atoms with van der Waals surface area (Å²) in [4.78, 5) is 22.8. The third-order valence-corrected chi connectivity index (χ3v) is 4.61. The van der Waals surface area contributed by atoms with Crippen molar-refractivity contribution in [1.29, 1.82) is 0 Å². The van der Waals surface area contributed by atoms with E-state index in [0.717, 1.165) is 18.5 Å². The Kier molecular flexibility index (Phi) is 5.53. The van der Waals surface area contributed by atoms with Crippen molar-refractivity contribution < 1.29 is 4.79 Å². The van der Waals surface area contributed by atoms with Crippen molar-refractivity contribution in [2.45, 2.75) is 44.7 Å². The van der Waals surface area contributed by atoms with Gasteiger partial charge in [-0.2, -0.15) is 5.10 Å². The number of nitrogens with zero attached hydrogens (tertiary/aromatic N) is 5. The maximum absolute atomic E-state index is 12.2. The van der Waals surface area contributed by atoms with Gasteiger partial charge in [-0.05, 0) is 38.9 Å². The molecule has 0 unspecified atom stereocenters. The number of amides is 1. The molecule has 1 aliphatic heterocycles. The highest BCUT2D eigenvalue weighted by Gasteiger charge is 2.19. The Morgan fingerprint density at radius 2 is 2.33 bits per heavy atom. The lowest BCUT2D eigenvalue weighted by Gasteiger charge is -2.32. The number of hydrogen-bond donors (Lipinski definition) is 1. The molecule has 0 saturated carbocycles. The lowest BCUT2D eigenvalue weighted by Crippen LogP contribution is -2.37. The summed E-state index contributed by atoms with van der Waals surface area (Å²) in [7, 11) is 2.15. The van der Waals surface area contributed by atoms with Crippen LogP contribution in [0.15, 0.2) is 31.0 Å². The Morgan fingerprint density at radius 3 is 3.12 bits per heavy atom. The van der Waals surface area contributed by atoms with Crippen molar-refractivity contribution in [2.75, 3.05) is 13.6 Å². The zero-order chi connectivity index (χ0) is 16.8. The molecule has 7 nitrogen and oxygen atoms in total. The van der Waals surface area contributed by atoms with Gasteiger partial charge in [0.2, 0.25) is 5.91 Å². The minimum atomic E-state index is 0.0855. The molecule has 24 heavy (non-hydrogen) atoms. The lowest BCUT2D eigenvalue weighted by molar-refractivity contribution is -0.121. The Hall–Kier alpha value is -2.28. The van der Waals surface area contributed by atoms with Crippen LogP contribution in [0.4, 0.5) is 0 Å². The van der Waals surface area contributed by atoms with E-state index in [1.807, 2.05) is 12.1 Å². The zero-order valence-corrected chi connectivity index (χ0v) is 14.1. The third kappa shape index (κ3) is 4.17. The van der Waals surface area contributed by atoms with Gasteiger partial charge in [-0.3, -0.25) is 4.79 Å². The number of hydrogen-bond acceptors (Lipinski definition) is 5. The van der Waals surface area contributed by atoms with Crippen molar-refractivity contribution in [2.24, 2.45) is 0 Å². The largest absolute Gasteiger partial charge is 0.352 e. The van der Waals surface area contributed by atoms with E-state index < -0.39 is 0 Å². The second-order valence-electron chi connectivity index (χ2n) is 6.27. The van der Waals surface area contributed by atoms with Gasteiger partial charge in [0.05, 0.1) is 0 Å². The molecule has 0 aromatic carbocycles. The molecule has 0 spiro atoms. The molecular weight excluding hydrogens is 304 g/mol. The molecule has 1 N–H and O–H groups in total. The standard InChI is InChI=1S/C17H24N6O/c1-22-10-3-2-6-15(22)7-8-16(24)20-11-14-5-4-9-19-17(14)23-13-18-12-21-23/h4-5,9,12-13,15H,2-3,6-8,10-11H2,1H3,(H,20,24)/t15-/m0/s1. The van der Waals surface area contributed by atoms with Crippen LogP contribution in [0.1, 0.15) is 37.7 Å². The highest BCUT2D eigenvalue weighted by atomic mass is 16.1. The summed E-state index contributed by atoms with van der Waals surface area (Å²) in [6.07, 6.45) is 10.0. The molecule has 0 aliphatic carbocycles. The smallest absolute Gasteiger partial charge is 0.220 e. The first-order valence-corrected chi connectivity index (χ1v) is 8.50. The average molecular weight is 328 g/mol. The van der Waals surface area contributed by atoms with Crippen LogP contribution >= 0.6 is 0 Å². The Labute approximate surface area is 142 Å². The summed E-state index contributed by atoms with van der Waals surface area (Å²) in [5.41, 5.74) is 0.922. The lowest BCUT2D eigenvalue weighted by atomic mass is 9.98. The topological polar surface area (TPSA) is 75.9 Å². The number of aromatic nitrogens is 4. The quantitative estimate of drug-likeness (QED) is 0.870. The van der Waals surface area contributed by atoms with Gasteiger partial charge in [0.15, 0.2) is 5.82 Å². The summed E-state index contributed by atoms with van der Waals surface area (Å²) in [6.45, 7) is 1.59. The van der Waals surface area contributed by atoms with Crippen LogP contribution in [0.3, 0.4) is 0 Å². The molecule has 2 aromatic heterocycles. The van der Waals surface area contributed by atoms with Crippen LogP contribution in [0.2, 0.25) is 0 Å². The Balaban J connectivity index is 1.52. The van der Waals surface area contributed by atoms with E-state index in [4.69, 9.17) is 0 Å². The zero-order valence-electron chi connectivity index (χ0n) is 14.1. The van der Waals surface area contributed by atoms with E-state index in [0.29, 0.717) is 24.8 Å². The van der Waals surface area contributed by atoms with Crippen LogP contribution in [-0.2, 0) is 11.3 Å². The fourth-order valence-electron chi connectivity index (χ4n) is 3.18. The maximum atomic E-state index is 12.2.